The molecule has 0 spiro atoms. The Morgan fingerprint density at radius 3 is 2.33 bits per heavy atom. The lowest BCUT2D eigenvalue weighted by molar-refractivity contribution is -0.164. The van der Waals surface area contributed by atoms with Crippen LogP contribution >= 0.6 is 0 Å². The fourth-order valence-electron chi connectivity index (χ4n) is 3.45. The van der Waals surface area contributed by atoms with Gasteiger partial charge >= 0.3 is 5.97 Å². The predicted molar refractivity (Wildman–Crippen MR) is 76.1 cm³/mol. The molecule has 0 aromatic heterocycles. The van der Waals surface area contributed by atoms with Crippen LogP contribution in [0.5, 0.6) is 0 Å². The molecule has 0 aromatic carbocycles. The van der Waals surface area contributed by atoms with Crippen molar-refractivity contribution in [3.05, 3.63) is 0 Å². The molecule has 0 radical (unpaired) electrons. The van der Waals surface area contributed by atoms with E-state index < -0.39 is 24.0 Å². The van der Waals surface area contributed by atoms with Crippen LogP contribution in [0.3, 0.4) is 0 Å². The van der Waals surface area contributed by atoms with Crippen LogP contribution in [0.15, 0.2) is 0 Å². The van der Waals surface area contributed by atoms with Crippen LogP contribution in [-0.2, 0) is 19.1 Å². The Morgan fingerprint density at radius 2 is 1.76 bits per heavy atom. The van der Waals surface area contributed by atoms with Crippen molar-refractivity contribution in [1.29, 1.82) is 0 Å². The smallest absolute Gasteiger partial charge is 0.303 e. The molecule has 1 heterocycles. The average Bonchev–Trinajstić information content (AvgIpc) is 2.94. The molecule has 1 aliphatic carbocycles. The van der Waals surface area contributed by atoms with E-state index >= 15 is 0 Å². The second-order valence-electron chi connectivity index (χ2n) is 6.02. The first-order chi connectivity index (χ1) is 10.0. The Hall–Kier alpha value is -1.59. The summed E-state index contributed by atoms with van der Waals surface area (Å²) in [7, 11) is 0. The standard InChI is InChI=1S/C15H24N2O4/c1-10(18)21-13(11-6-3-2-4-7-11)15(20)17-9-5-8-12(17)14(16)19/h11-13H,2-9H2,1H3,(H2,16,19)/t12-,13?/m0/s1. The minimum Gasteiger partial charge on any atom is -0.452 e. The van der Waals surface area contributed by atoms with Gasteiger partial charge in [0.1, 0.15) is 6.04 Å². The van der Waals surface area contributed by atoms with Gasteiger partial charge in [-0.25, -0.2) is 0 Å². The van der Waals surface area contributed by atoms with E-state index in [1.54, 1.807) is 0 Å². The third-order valence-electron chi connectivity index (χ3n) is 4.48. The third kappa shape index (κ3) is 3.74. The number of rotatable bonds is 4. The molecule has 118 valence electrons. The molecule has 2 amide bonds. The first-order valence-electron chi connectivity index (χ1n) is 7.77. The van der Waals surface area contributed by atoms with Gasteiger partial charge in [0, 0.05) is 19.4 Å². The van der Waals surface area contributed by atoms with Gasteiger partial charge in [-0.05, 0) is 25.7 Å². The molecule has 2 atom stereocenters. The van der Waals surface area contributed by atoms with E-state index in [1.807, 2.05) is 0 Å². The number of likely N-dealkylation sites (tertiary alicyclic amines) is 1. The first kappa shape index (κ1) is 15.8. The van der Waals surface area contributed by atoms with Crippen LogP contribution in [0, 0.1) is 5.92 Å². The summed E-state index contributed by atoms with van der Waals surface area (Å²) >= 11 is 0. The average molecular weight is 296 g/mol. The Morgan fingerprint density at radius 1 is 1.10 bits per heavy atom. The Kier molecular flexibility index (Phi) is 5.20. The number of hydrogen-bond acceptors (Lipinski definition) is 4. The molecule has 21 heavy (non-hydrogen) atoms. The summed E-state index contributed by atoms with van der Waals surface area (Å²) in [6.45, 7) is 1.83. The Bertz CT molecular complexity index is 418. The zero-order valence-electron chi connectivity index (χ0n) is 12.5. The maximum absolute atomic E-state index is 12.7. The fourth-order valence-corrected chi connectivity index (χ4v) is 3.45. The number of nitrogens with two attached hydrogens (primary N) is 1. The van der Waals surface area contributed by atoms with E-state index in [2.05, 4.69) is 0 Å². The molecule has 2 aliphatic rings. The molecule has 1 aliphatic heterocycles. The zero-order valence-corrected chi connectivity index (χ0v) is 12.5. The van der Waals surface area contributed by atoms with Crippen molar-refractivity contribution in [2.75, 3.05) is 6.54 Å². The van der Waals surface area contributed by atoms with Crippen molar-refractivity contribution in [2.45, 2.75) is 64.0 Å². The van der Waals surface area contributed by atoms with Gasteiger partial charge in [0.05, 0.1) is 0 Å². The van der Waals surface area contributed by atoms with Crippen molar-refractivity contribution in [3.63, 3.8) is 0 Å². The number of esters is 1. The van der Waals surface area contributed by atoms with Crippen molar-refractivity contribution in [3.8, 4) is 0 Å². The monoisotopic (exact) mass is 296 g/mol. The molecular formula is C15H24N2O4. The molecule has 2 N–H and O–H groups in total. The minimum atomic E-state index is -0.761. The van der Waals surface area contributed by atoms with Gasteiger partial charge < -0.3 is 15.4 Å². The molecule has 1 saturated carbocycles. The van der Waals surface area contributed by atoms with Gasteiger partial charge in [-0.1, -0.05) is 19.3 Å². The van der Waals surface area contributed by atoms with Gasteiger partial charge in [0.15, 0.2) is 6.10 Å². The summed E-state index contributed by atoms with van der Waals surface area (Å²) in [6.07, 6.45) is 5.63. The van der Waals surface area contributed by atoms with Crippen molar-refractivity contribution in [1.82, 2.24) is 4.90 Å². The number of carbonyl (C=O) groups is 3. The summed E-state index contributed by atoms with van der Waals surface area (Å²) < 4.78 is 5.31. The van der Waals surface area contributed by atoms with Crippen molar-refractivity contribution in [2.24, 2.45) is 11.7 Å². The molecule has 1 saturated heterocycles. The lowest BCUT2D eigenvalue weighted by Crippen LogP contribution is -2.50. The highest BCUT2D eigenvalue weighted by molar-refractivity contribution is 5.90. The van der Waals surface area contributed by atoms with Crippen molar-refractivity contribution >= 4 is 17.8 Å². The fraction of sp³-hybridized carbons (Fsp3) is 0.800. The van der Waals surface area contributed by atoms with E-state index in [4.69, 9.17) is 10.5 Å². The number of nitrogens with zero attached hydrogens (tertiary/aromatic N) is 1. The zero-order chi connectivity index (χ0) is 15.4. The summed E-state index contributed by atoms with van der Waals surface area (Å²) in [5.74, 6) is -1.12. The molecule has 2 rings (SSSR count). The molecule has 1 unspecified atom stereocenters. The molecular weight excluding hydrogens is 272 g/mol. The molecule has 2 fully saturated rings. The highest BCUT2D eigenvalue weighted by Gasteiger charge is 2.40. The second-order valence-corrected chi connectivity index (χ2v) is 6.02. The largest absolute Gasteiger partial charge is 0.452 e. The Balaban J connectivity index is 2.12. The SMILES string of the molecule is CC(=O)OC(C(=O)N1CCC[C@H]1C(N)=O)C1CCCCC1. The maximum Gasteiger partial charge on any atom is 0.303 e. The van der Waals surface area contributed by atoms with E-state index in [1.165, 1.54) is 11.8 Å². The van der Waals surface area contributed by atoms with Gasteiger partial charge in [-0.2, -0.15) is 0 Å². The predicted octanol–water partition coefficient (Wildman–Crippen LogP) is 0.975. The van der Waals surface area contributed by atoms with Crippen molar-refractivity contribution < 1.29 is 19.1 Å². The summed E-state index contributed by atoms with van der Waals surface area (Å²) in [5, 5.41) is 0. The van der Waals surface area contributed by atoms with Crippen LogP contribution in [0.2, 0.25) is 0 Å². The quantitative estimate of drug-likeness (QED) is 0.783. The highest BCUT2D eigenvalue weighted by Crippen LogP contribution is 2.30. The first-order valence-corrected chi connectivity index (χ1v) is 7.77. The topological polar surface area (TPSA) is 89.7 Å². The van der Waals surface area contributed by atoms with Gasteiger partial charge in [0.2, 0.25) is 5.91 Å². The van der Waals surface area contributed by atoms with Gasteiger partial charge in [0.25, 0.3) is 5.91 Å². The van der Waals surface area contributed by atoms with Crippen LogP contribution in [0.1, 0.15) is 51.9 Å². The number of primary amides is 1. The van der Waals surface area contributed by atoms with Crippen LogP contribution in [0.25, 0.3) is 0 Å². The van der Waals surface area contributed by atoms with Crippen LogP contribution in [0.4, 0.5) is 0 Å². The van der Waals surface area contributed by atoms with E-state index in [9.17, 15) is 14.4 Å². The van der Waals surface area contributed by atoms with Crippen LogP contribution in [-0.4, -0.2) is 41.4 Å². The molecule has 6 nitrogen and oxygen atoms in total. The Labute approximate surface area is 125 Å². The van der Waals surface area contributed by atoms with Gasteiger partial charge in [-0.3, -0.25) is 14.4 Å². The molecule has 6 heteroatoms. The summed E-state index contributed by atoms with van der Waals surface area (Å²) in [6, 6.07) is -0.556. The number of amides is 2. The lowest BCUT2D eigenvalue weighted by Gasteiger charge is -2.33. The van der Waals surface area contributed by atoms with Gasteiger partial charge in [-0.15, -0.1) is 0 Å². The number of ether oxygens (including phenoxy) is 1. The summed E-state index contributed by atoms with van der Waals surface area (Å²) in [4.78, 5) is 37.0. The van der Waals surface area contributed by atoms with E-state index in [0.717, 1.165) is 38.5 Å². The third-order valence-corrected chi connectivity index (χ3v) is 4.48. The minimum absolute atomic E-state index is 0.0595. The molecule has 0 bridgehead atoms. The number of carbonyl (C=O) groups excluding carboxylic acids is 3. The normalized spacial score (nSPS) is 24.6. The van der Waals surface area contributed by atoms with E-state index in [-0.39, 0.29) is 11.8 Å². The highest BCUT2D eigenvalue weighted by atomic mass is 16.5. The van der Waals surface area contributed by atoms with E-state index in [0.29, 0.717) is 13.0 Å². The summed E-state index contributed by atoms with van der Waals surface area (Å²) in [5.41, 5.74) is 5.37. The lowest BCUT2D eigenvalue weighted by atomic mass is 9.84. The second kappa shape index (κ2) is 6.91. The molecule has 0 aromatic rings. The maximum atomic E-state index is 12.7. The number of hydrogen-bond donors (Lipinski definition) is 1. The van der Waals surface area contributed by atoms with Crippen LogP contribution < -0.4 is 5.73 Å².